The van der Waals surface area contributed by atoms with Gasteiger partial charge in [0.15, 0.2) is 0 Å². The van der Waals surface area contributed by atoms with Crippen molar-refractivity contribution in [1.82, 2.24) is 24.6 Å². The molecule has 19 heavy (non-hydrogen) atoms. The molecule has 0 unspecified atom stereocenters. The number of imidazole rings is 1. The number of nitrogens with one attached hydrogen (secondary N) is 1. The smallest absolute Gasteiger partial charge is 0.0951 e. The Morgan fingerprint density at radius 2 is 2.16 bits per heavy atom. The second-order valence-corrected chi connectivity index (χ2v) is 5.38. The first-order chi connectivity index (χ1) is 9.24. The molecule has 3 heterocycles. The molecule has 5 heteroatoms. The van der Waals surface area contributed by atoms with Crippen LogP contribution in [0, 0.1) is 6.92 Å². The zero-order valence-electron chi connectivity index (χ0n) is 11.6. The third-order valence-corrected chi connectivity index (χ3v) is 3.96. The summed E-state index contributed by atoms with van der Waals surface area (Å²) in [6.45, 7) is 5.17. The molecule has 1 aliphatic rings. The molecule has 0 aromatic carbocycles. The van der Waals surface area contributed by atoms with Crippen molar-refractivity contribution in [2.24, 2.45) is 7.05 Å². The Kier molecular flexibility index (Phi) is 3.38. The molecule has 2 aromatic heterocycles. The summed E-state index contributed by atoms with van der Waals surface area (Å²) < 4.78 is 4.16. The maximum atomic E-state index is 4.41. The van der Waals surface area contributed by atoms with Crippen LogP contribution < -0.4 is 5.32 Å². The molecule has 0 atom stereocenters. The zero-order chi connectivity index (χ0) is 13.2. The highest BCUT2D eigenvalue weighted by Crippen LogP contribution is 2.25. The fourth-order valence-electron chi connectivity index (χ4n) is 2.91. The average molecular weight is 259 g/mol. The van der Waals surface area contributed by atoms with Crippen molar-refractivity contribution >= 4 is 0 Å². The first kappa shape index (κ1) is 12.4. The quantitative estimate of drug-likeness (QED) is 0.907. The maximum Gasteiger partial charge on any atom is 0.0951 e. The van der Waals surface area contributed by atoms with Crippen molar-refractivity contribution < 1.29 is 0 Å². The van der Waals surface area contributed by atoms with E-state index in [1.165, 1.54) is 24.1 Å². The Hall–Kier alpha value is -1.62. The highest BCUT2D eigenvalue weighted by molar-refractivity contribution is 5.18. The van der Waals surface area contributed by atoms with E-state index in [9.17, 15) is 0 Å². The lowest BCUT2D eigenvalue weighted by molar-refractivity contribution is 0.442. The summed E-state index contributed by atoms with van der Waals surface area (Å²) in [6.07, 6.45) is 8.49. The highest BCUT2D eigenvalue weighted by atomic mass is 15.3. The molecule has 102 valence electrons. The van der Waals surface area contributed by atoms with Crippen molar-refractivity contribution in [2.75, 3.05) is 13.1 Å². The Labute approximate surface area is 113 Å². The fourth-order valence-corrected chi connectivity index (χ4v) is 2.91. The van der Waals surface area contributed by atoms with Gasteiger partial charge in [0, 0.05) is 36.6 Å². The van der Waals surface area contributed by atoms with Gasteiger partial charge in [0.05, 0.1) is 18.6 Å². The molecule has 1 saturated heterocycles. The molecule has 3 rings (SSSR count). The van der Waals surface area contributed by atoms with E-state index in [-0.39, 0.29) is 0 Å². The number of aromatic nitrogens is 4. The van der Waals surface area contributed by atoms with E-state index in [1.807, 2.05) is 24.3 Å². The first-order valence-corrected chi connectivity index (χ1v) is 6.94. The molecule has 1 aliphatic heterocycles. The summed E-state index contributed by atoms with van der Waals surface area (Å²) in [5.74, 6) is 0.640. The van der Waals surface area contributed by atoms with Crippen LogP contribution in [-0.2, 0) is 13.6 Å². The minimum atomic E-state index is 0.640. The van der Waals surface area contributed by atoms with Gasteiger partial charge in [0.25, 0.3) is 0 Å². The largest absolute Gasteiger partial charge is 0.330 e. The van der Waals surface area contributed by atoms with E-state index >= 15 is 0 Å². The second-order valence-electron chi connectivity index (χ2n) is 5.38. The van der Waals surface area contributed by atoms with Crippen LogP contribution in [0.5, 0.6) is 0 Å². The number of rotatable bonds is 3. The summed E-state index contributed by atoms with van der Waals surface area (Å²) in [5, 5.41) is 7.82. The van der Waals surface area contributed by atoms with Crippen molar-refractivity contribution in [1.29, 1.82) is 0 Å². The zero-order valence-corrected chi connectivity index (χ0v) is 11.6. The van der Waals surface area contributed by atoms with E-state index < -0.39 is 0 Å². The topological polar surface area (TPSA) is 47.7 Å². The van der Waals surface area contributed by atoms with Gasteiger partial charge in [-0.15, -0.1) is 0 Å². The van der Waals surface area contributed by atoms with Gasteiger partial charge in [-0.2, -0.15) is 5.10 Å². The summed E-state index contributed by atoms with van der Waals surface area (Å²) in [7, 11) is 1.97. The van der Waals surface area contributed by atoms with E-state index in [1.54, 1.807) is 0 Å². The Morgan fingerprint density at radius 3 is 2.84 bits per heavy atom. The van der Waals surface area contributed by atoms with Crippen LogP contribution >= 0.6 is 0 Å². The summed E-state index contributed by atoms with van der Waals surface area (Å²) >= 11 is 0. The number of nitrogens with zero attached hydrogens (tertiary/aromatic N) is 4. The number of aryl methyl sites for hydroxylation is 2. The molecule has 1 fully saturated rings. The van der Waals surface area contributed by atoms with Crippen LogP contribution in [0.1, 0.15) is 35.7 Å². The van der Waals surface area contributed by atoms with Crippen molar-refractivity contribution in [3.63, 3.8) is 0 Å². The average Bonchev–Trinajstić information content (AvgIpc) is 2.98. The predicted octanol–water partition coefficient (Wildman–Crippen LogP) is 1.44. The van der Waals surface area contributed by atoms with Gasteiger partial charge in [0.1, 0.15) is 0 Å². The normalized spacial score (nSPS) is 16.9. The van der Waals surface area contributed by atoms with Crippen molar-refractivity contribution in [3.8, 4) is 0 Å². The summed E-state index contributed by atoms with van der Waals surface area (Å²) in [5.41, 5.74) is 3.74. The predicted molar refractivity (Wildman–Crippen MR) is 74.1 cm³/mol. The third-order valence-electron chi connectivity index (χ3n) is 3.96. The molecule has 5 nitrogen and oxygen atoms in total. The standard InChI is InChI=1S/C14H21N5/c1-11-13(8-18(2)17-11)9-19-10-16-7-14(19)12-3-5-15-6-4-12/h7-8,10,12,15H,3-6,9H2,1-2H3. The third kappa shape index (κ3) is 2.56. The number of hydrogen-bond donors (Lipinski definition) is 1. The van der Waals surface area contributed by atoms with E-state index in [0.29, 0.717) is 5.92 Å². The van der Waals surface area contributed by atoms with E-state index in [0.717, 1.165) is 25.3 Å². The molecule has 0 bridgehead atoms. The fraction of sp³-hybridized carbons (Fsp3) is 0.571. The maximum absolute atomic E-state index is 4.41. The van der Waals surface area contributed by atoms with E-state index in [2.05, 4.69) is 33.1 Å². The number of hydrogen-bond acceptors (Lipinski definition) is 3. The van der Waals surface area contributed by atoms with Gasteiger partial charge in [0.2, 0.25) is 0 Å². The van der Waals surface area contributed by atoms with Crippen LogP contribution in [0.4, 0.5) is 0 Å². The van der Waals surface area contributed by atoms with Crippen molar-refractivity contribution in [3.05, 3.63) is 35.7 Å². The lowest BCUT2D eigenvalue weighted by atomic mass is 9.95. The Morgan fingerprint density at radius 1 is 1.37 bits per heavy atom. The van der Waals surface area contributed by atoms with Gasteiger partial charge >= 0.3 is 0 Å². The van der Waals surface area contributed by atoms with Gasteiger partial charge in [-0.3, -0.25) is 4.68 Å². The van der Waals surface area contributed by atoms with Gasteiger partial charge in [-0.05, 0) is 32.9 Å². The second kappa shape index (κ2) is 5.17. The molecule has 1 N–H and O–H groups in total. The van der Waals surface area contributed by atoms with Crippen LogP contribution in [0.3, 0.4) is 0 Å². The van der Waals surface area contributed by atoms with Crippen LogP contribution in [0.15, 0.2) is 18.7 Å². The lowest BCUT2D eigenvalue weighted by Gasteiger charge is -2.23. The molecule has 0 amide bonds. The molecular weight excluding hydrogens is 238 g/mol. The van der Waals surface area contributed by atoms with Gasteiger partial charge in [-0.1, -0.05) is 0 Å². The molecule has 0 saturated carbocycles. The molecule has 0 radical (unpaired) electrons. The molecular formula is C14H21N5. The van der Waals surface area contributed by atoms with Crippen molar-refractivity contribution in [2.45, 2.75) is 32.2 Å². The Balaban J connectivity index is 1.81. The van der Waals surface area contributed by atoms with E-state index in [4.69, 9.17) is 0 Å². The molecule has 0 spiro atoms. The van der Waals surface area contributed by atoms with Crippen LogP contribution in [0.25, 0.3) is 0 Å². The SMILES string of the molecule is Cc1nn(C)cc1Cn1cncc1C1CCNCC1. The minimum Gasteiger partial charge on any atom is -0.330 e. The summed E-state index contributed by atoms with van der Waals surface area (Å²) in [4.78, 5) is 4.35. The van der Waals surface area contributed by atoms with Gasteiger partial charge in [-0.25, -0.2) is 4.98 Å². The monoisotopic (exact) mass is 259 g/mol. The van der Waals surface area contributed by atoms with Crippen LogP contribution in [-0.4, -0.2) is 32.4 Å². The lowest BCUT2D eigenvalue weighted by Crippen LogP contribution is -2.27. The minimum absolute atomic E-state index is 0.640. The highest BCUT2D eigenvalue weighted by Gasteiger charge is 2.19. The molecule has 2 aromatic rings. The first-order valence-electron chi connectivity index (χ1n) is 6.94. The molecule has 0 aliphatic carbocycles. The van der Waals surface area contributed by atoms with Crippen LogP contribution in [0.2, 0.25) is 0 Å². The Bertz CT molecular complexity index is 548. The summed E-state index contributed by atoms with van der Waals surface area (Å²) in [6, 6.07) is 0. The van der Waals surface area contributed by atoms with Gasteiger partial charge < -0.3 is 9.88 Å². The number of piperidine rings is 1.